The quantitative estimate of drug-likeness (QED) is 0.576. The number of likely N-dealkylation sites (tertiary alicyclic amines) is 1. The van der Waals surface area contributed by atoms with Gasteiger partial charge >= 0.3 is 0 Å². The van der Waals surface area contributed by atoms with Gasteiger partial charge in [0, 0.05) is 13.1 Å². The Hall–Kier alpha value is -0.750. The summed E-state index contributed by atoms with van der Waals surface area (Å²) in [5.41, 5.74) is 2.45. The Labute approximate surface area is 123 Å². The molecular weight excluding hydrogens is 285 g/mol. The molecule has 1 aromatic heterocycles. The van der Waals surface area contributed by atoms with Gasteiger partial charge < -0.3 is 15.6 Å². The molecule has 19 heavy (non-hydrogen) atoms. The number of hydrogen-bond donors (Lipinski definition) is 3. The number of nitrogens with zero attached hydrogens (tertiary/aromatic N) is 2. The summed E-state index contributed by atoms with van der Waals surface area (Å²) >= 11 is 12.0. The zero-order chi connectivity index (χ0) is 13.7. The standard InChI is InChI=1S/C12H19Cl2N5/c13-9-8-10(14)12(18-15)17-11(9)16-4-7-19-5-2-1-3-6-19/h8H,1-7,15H2,(H2,16,17,18). The van der Waals surface area contributed by atoms with Crippen LogP contribution < -0.4 is 16.6 Å². The summed E-state index contributed by atoms with van der Waals surface area (Å²) in [5.74, 6) is 6.37. The van der Waals surface area contributed by atoms with Crippen molar-refractivity contribution >= 4 is 34.8 Å². The van der Waals surface area contributed by atoms with Gasteiger partial charge in [0.2, 0.25) is 0 Å². The highest BCUT2D eigenvalue weighted by atomic mass is 35.5. The molecule has 1 aliphatic heterocycles. The predicted octanol–water partition coefficient (Wildman–Crippen LogP) is 2.57. The summed E-state index contributed by atoms with van der Waals surface area (Å²) in [6.07, 6.45) is 3.93. The Morgan fingerprint density at radius 3 is 2.53 bits per heavy atom. The molecule has 1 aliphatic rings. The van der Waals surface area contributed by atoms with Crippen LogP contribution in [-0.4, -0.2) is 36.1 Å². The molecule has 106 valence electrons. The van der Waals surface area contributed by atoms with Crippen LogP contribution in [0, 0.1) is 0 Å². The summed E-state index contributed by atoms with van der Waals surface area (Å²) in [5, 5.41) is 4.14. The molecule has 2 rings (SSSR count). The number of rotatable bonds is 5. The molecule has 0 aliphatic carbocycles. The maximum absolute atomic E-state index is 6.09. The molecule has 5 nitrogen and oxygen atoms in total. The molecular formula is C12H19Cl2N5. The summed E-state index contributed by atoms with van der Waals surface area (Å²) in [7, 11) is 0. The van der Waals surface area contributed by atoms with Gasteiger partial charge in [-0.25, -0.2) is 10.8 Å². The van der Waals surface area contributed by atoms with Crippen LogP contribution in [0.4, 0.5) is 11.6 Å². The summed E-state index contributed by atoms with van der Waals surface area (Å²) in [6, 6.07) is 1.63. The first kappa shape index (κ1) is 14.7. The Bertz CT molecular complexity index is 421. The van der Waals surface area contributed by atoms with E-state index in [-0.39, 0.29) is 0 Å². The first-order chi connectivity index (χ1) is 9.20. The minimum atomic E-state index is 0.411. The Morgan fingerprint density at radius 2 is 1.84 bits per heavy atom. The molecule has 7 heteroatoms. The number of hydrazine groups is 1. The summed E-state index contributed by atoms with van der Waals surface area (Å²) < 4.78 is 0. The van der Waals surface area contributed by atoms with Crippen LogP contribution >= 0.6 is 23.2 Å². The van der Waals surface area contributed by atoms with Crippen molar-refractivity contribution in [3.05, 3.63) is 16.1 Å². The molecule has 0 unspecified atom stereocenters. The first-order valence-electron chi connectivity index (χ1n) is 6.49. The van der Waals surface area contributed by atoms with Crippen molar-refractivity contribution in [3.8, 4) is 0 Å². The van der Waals surface area contributed by atoms with Crippen LogP contribution in [0.1, 0.15) is 19.3 Å². The molecule has 4 N–H and O–H groups in total. The van der Waals surface area contributed by atoms with Crippen LogP contribution in [0.5, 0.6) is 0 Å². The van der Waals surface area contributed by atoms with Crippen LogP contribution in [0.15, 0.2) is 6.07 Å². The van der Waals surface area contributed by atoms with E-state index in [9.17, 15) is 0 Å². The van der Waals surface area contributed by atoms with E-state index in [1.54, 1.807) is 6.07 Å². The number of piperidine rings is 1. The number of halogens is 2. The van der Waals surface area contributed by atoms with E-state index in [4.69, 9.17) is 29.0 Å². The van der Waals surface area contributed by atoms with E-state index in [1.165, 1.54) is 32.4 Å². The molecule has 0 aromatic carbocycles. The van der Waals surface area contributed by atoms with Gasteiger partial charge in [0.15, 0.2) is 5.82 Å². The number of nitrogens with two attached hydrogens (primary N) is 1. The molecule has 1 saturated heterocycles. The second-order valence-electron chi connectivity index (χ2n) is 4.62. The number of anilines is 2. The molecule has 2 heterocycles. The fourth-order valence-electron chi connectivity index (χ4n) is 2.21. The minimum Gasteiger partial charge on any atom is -0.367 e. The lowest BCUT2D eigenvalue weighted by molar-refractivity contribution is 0.237. The van der Waals surface area contributed by atoms with Gasteiger partial charge in [-0.05, 0) is 32.0 Å². The molecule has 1 aromatic rings. The van der Waals surface area contributed by atoms with Crippen molar-refractivity contribution in [2.45, 2.75) is 19.3 Å². The van der Waals surface area contributed by atoms with Crippen molar-refractivity contribution in [2.75, 3.05) is 36.9 Å². The number of pyridine rings is 1. The Kier molecular flexibility index (Phi) is 5.51. The second-order valence-corrected chi connectivity index (χ2v) is 5.44. The lowest BCUT2D eigenvalue weighted by atomic mass is 10.1. The highest BCUT2D eigenvalue weighted by molar-refractivity contribution is 6.37. The summed E-state index contributed by atoms with van der Waals surface area (Å²) in [6.45, 7) is 4.16. The predicted molar refractivity (Wildman–Crippen MR) is 80.8 cm³/mol. The van der Waals surface area contributed by atoms with E-state index in [2.05, 4.69) is 20.6 Å². The molecule has 0 atom stereocenters. The van der Waals surface area contributed by atoms with Gasteiger partial charge in [-0.15, -0.1) is 0 Å². The fourth-order valence-corrected chi connectivity index (χ4v) is 2.69. The second kappa shape index (κ2) is 7.14. The van der Waals surface area contributed by atoms with Crippen molar-refractivity contribution in [1.82, 2.24) is 9.88 Å². The normalized spacial score (nSPS) is 16.4. The Morgan fingerprint density at radius 1 is 1.16 bits per heavy atom. The van der Waals surface area contributed by atoms with E-state index in [1.807, 2.05) is 0 Å². The Balaban J connectivity index is 1.88. The van der Waals surface area contributed by atoms with E-state index < -0.39 is 0 Å². The van der Waals surface area contributed by atoms with E-state index in [0.717, 1.165) is 13.1 Å². The van der Waals surface area contributed by atoms with Crippen LogP contribution in [0.2, 0.25) is 10.0 Å². The number of nitrogen functional groups attached to an aromatic ring is 1. The molecule has 0 spiro atoms. The maximum Gasteiger partial charge on any atom is 0.161 e. The number of aromatic nitrogens is 1. The SMILES string of the molecule is NNc1nc(NCCN2CCCCC2)c(Cl)cc1Cl. The van der Waals surface area contributed by atoms with Gasteiger partial charge in [0.25, 0.3) is 0 Å². The van der Waals surface area contributed by atoms with Gasteiger partial charge in [-0.2, -0.15) is 0 Å². The van der Waals surface area contributed by atoms with Crippen molar-refractivity contribution in [2.24, 2.45) is 5.84 Å². The van der Waals surface area contributed by atoms with Gasteiger partial charge in [-0.1, -0.05) is 29.6 Å². The third-order valence-electron chi connectivity index (χ3n) is 3.24. The lowest BCUT2D eigenvalue weighted by Crippen LogP contribution is -2.33. The number of nitrogens with one attached hydrogen (secondary N) is 2. The van der Waals surface area contributed by atoms with Crippen molar-refractivity contribution < 1.29 is 0 Å². The molecule has 0 radical (unpaired) electrons. The fraction of sp³-hybridized carbons (Fsp3) is 0.583. The molecule has 0 amide bonds. The smallest absolute Gasteiger partial charge is 0.161 e. The van der Waals surface area contributed by atoms with Crippen LogP contribution in [-0.2, 0) is 0 Å². The molecule has 0 saturated carbocycles. The van der Waals surface area contributed by atoms with Gasteiger partial charge in [0.1, 0.15) is 5.82 Å². The van der Waals surface area contributed by atoms with Crippen molar-refractivity contribution in [1.29, 1.82) is 0 Å². The summed E-state index contributed by atoms with van der Waals surface area (Å²) in [4.78, 5) is 6.69. The van der Waals surface area contributed by atoms with Crippen molar-refractivity contribution in [3.63, 3.8) is 0 Å². The molecule has 1 fully saturated rings. The van der Waals surface area contributed by atoms with E-state index >= 15 is 0 Å². The highest BCUT2D eigenvalue weighted by Crippen LogP contribution is 2.28. The highest BCUT2D eigenvalue weighted by Gasteiger charge is 2.11. The average Bonchev–Trinajstić information content (AvgIpc) is 2.42. The maximum atomic E-state index is 6.09. The topological polar surface area (TPSA) is 66.2 Å². The van der Waals surface area contributed by atoms with Crippen LogP contribution in [0.3, 0.4) is 0 Å². The van der Waals surface area contributed by atoms with E-state index in [0.29, 0.717) is 21.7 Å². The lowest BCUT2D eigenvalue weighted by Gasteiger charge is -2.26. The third kappa shape index (κ3) is 4.11. The van der Waals surface area contributed by atoms with Crippen LogP contribution in [0.25, 0.3) is 0 Å². The largest absolute Gasteiger partial charge is 0.367 e. The third-order valence-corrected chi connectivity index (χ3v) is 3.81. The first-order valence-corrected chi connectivity index (χ1v) is 7.25. The zero-order valence-corrected chi connectivity index (χ0v) is 12.3. The van der Waals surface area contributed by atoms with Gasteiger partial charge in [-0.3, -0.25) is 0 Å². The van der Waals surface area contributed by atoms with Gasteiger partial charge in [0.05, 0.1) is 10.0 Å². The molecule has 0 bridgehead atoms. The minimum absolute atomic E-state index is 0.411. The average molecular weight is 304 g/mol. The number of hydrogen-bond acceptors (Lipinski definition) is 5. The monoisotopic (exact) mass is 303 g/mol. The zero-order valence-electron chi connectivity index (χ0n) is 10.8.